The van der Waals surface area contributed by atoms with Crippen molar-refractivity contribution in [3.8, 4) is 0 Å². The second kappa shape index (κ2) is 7.84. The molecule has 1 heteroatoms. The average molecular weight is 270 g/mol. The van der Waals surface area contributed by atoms with Gasteiger partial charge in [0.2, 0.25) is 0 Å². The standard InChI is InChI=1S/C19H23F/c1-2-3-5-8-16-11-13-18(14-12-16)19(20)15-17-9-6-4-7-10-17/h4,6-7,9-14,19H,2-3,5,8,15H2,1H3. The van der Waals surface area contributed by atoms with Crippen molar-refractivity contribution < 1.29 is 4.39 Å². The predicted octanol–water partition coefficient (Wildman–Crippen LogP) is 5.67. The maximum absolute atomic E-state index is 14.3. The SMILES string of the molecule is CCCCCc1ccc(C(F)Cc2ccccc2)cc1. The van der Waals surface area contributed by atoms with Crippen molar-refractivity contribution in [2.24, 2.45) is 0 Å². The van der Waals surface area contributed by atoms with Crippen LogP contribution in [0.3, 0.4) is 0 Å². The third-order valence-electron chi connectivity index (χ3n) is 3.67. The van der Waals surface area contributed by atoms with E-state index in [9.17, 15) is 4.39 Å². The maximum Gasteiger partial charge on any atom is 0.129 e. The predicted molar refractivity (Wildman–Crippen MR) is 83.7 cm³/mol. The Morgan fingerprint density at radius 3 is 2.20 bits per heavy atom. The Kier molecular flexibility index (Phi) is 5.79. The van der Waals surface area contributed by atoms with Crippen molar-refractivity contribution in [3.05, 3.63) is 71.3 Å². The van der Waals surface area contributed by atoms with Gasteiger partial charge in [-0.05, 0) is 29.5 Å². The van der Waals surface area contributed by atoms with E-state index in [-0.39, 0.29) is 0 Å². The van der Waals surface area contributed by atoms with E-state index >= 15 is 0 Å². The molecule has 2 rings (SSSR count). The van der Waals surface area contributed by atoms with Gasteiger partial charge in [0.25, 0.3) is 0 Å². The first-order valence-corrected chi connectivity index (χ1v) is 7.56. The number of hydrogen-bond donors (Lipinski definition) is 0. The van der Waals surface area contributed by atoms with E-state index in [0.717, 1.165) is 17.5 Å². The van der Waals surface area contributed by atoms with Crippen molar-refractivity contribution in [3.63, 3.8) is 0 Å². The number of alkyl halides is 1. The number of benzene rings is 2. The quantitative estimate of drug-likeness (QED) is 0.568. The molecular weight excluding hydrogens is 247 g/mol. The van der Waals surface area contributed by atoms with Crippen molar-refractivity contribution in [1.29, 1.82) is 0 Å². The van der Waals surface area contributed by atoms with Crippen LogP contribution in [-0.2, 0) is 12.8 Å². The van der Waals surface area contributed by atoms with Crippen LogP contribution in [0.1, 0.15) is 49.0 Å². The number of aryl methyl sites for hydroxylation is 1. The third-order valence-corrected chi connectivity index (χ3v) is 3.67. The minimum atomic E-state index is -0.915. The Balaban J connectivity index is 1.92. The molecule has 0 radical (unpaired) electrons. The lowest BCUT2D eigenvalue weighted by Crippen LogP contribution is -1.97. The molecule has 0 aliphatic carbocycles. The highest BCUT2D eigenvalue weighted by molar-refractivity contribution is 5.26. The molecule has 2 aromatic rings. The van der Waals surface area contributed by atoms with Crippen LogP contribution in [0.15, 0.2) is 54.6 Å². The van der Waals surface area contributed by atoms with E-state index in [4.69, 9.17) is 0 Å². The summed E-state index contributed by atoms with van der Waals surface area (Å²) in [4.78, 5) is 0. The fourth-order valence-electron chi connectivity index (χ4n) is 2.41. The summed E-state index contributed by atoms with van der Waals surface area (Å²) < 4.78 is 14.3. The lowest BCUT2D eigenvalue weighted by molar-refractivity contribution is 0.342. The van der Waals surface area contributed by atoms with Gasteiger partial charge in [-0.1, -0.05) is 74.4 Å². The molecule has 20 heavy (non-hydrogen) atoms. The fourth-order valence-corrected chi connectivity index (χ4v) is 2.41. The molecule has 0 aliphatic rings. The number of halogens is 1. The van der Waals surface area contributed by atoms with Crippen LogP contribution in [0, 0.1) is 0 Å². The van der Waals surface area contributed by atoms with E-state index in [1.54, 1.807) is 0 Å². The van der Waals surface area contributed by atoms with Crippen LogP contribution in [-0.4, -0.2) is 0 Å². The normalized spacial score (nSPS) is 12.3. The van der Waals surface area contributed by atoms with E-state index in [0.29, 0.717) is 6.42 Å². The monoisotopic (exact) mass is 270 g/mol. The van der Waals surface area contributed by atoms with Gasteiger partial charge >= 0.3 is 0 Å². The molecule has 0 bridgehead atoms. The molecule has 0 N–H and O–H groups in total. The first-order valence-electron chi connectivity index (χ1n) is 7.56. The number of unbranched alkanes of at least 4 members (excludes halogenated alkanes) is 2. The lowest BCUT2D eigenvalue weighted by atomic mass is 10.00. The summed E-state index contributed by atoms with van der Waals surface area (Å²) >= 11 is 0. The molecule has 0 aromatic heterocycles. The Labute approximate surface area is 121 Å². The maximum atomic E-state index is 14.3. The molecule has 0 heterocycles. The highest BCUT2D eigenvalue weighted by atomic mass is 19.1. The molecule has 106 valence electrons. The van der Waals surface area contributed by atoms with Gasteiger partial charge in [-0.3, -0.25) is 0 Å². The molecule has 0 aliphatic heterocycles. The van der Waals surface area contributed by atoms with Gasteiger partial charge < -0.3 is 0 Å². The minimum absolute atomic E-state index is 0.454. The summed E-state index contributed by atoms with van der Waals surface area (Å²) in [5.41, 5.74) is 3.15. The zero-order valence-corrected chi connectivity index (χ0v) is 12.2. The average Bonchev–Trinajstić information content (AvgIpc) is 2.49. The second-order valence-electron chi connectivity index (χ2n) is 5.36. The van der Waals surface area contributed by atoms with Crippen LogP contribution in [0.2, 0.25) is 0 Å². The smallest absolute Gasteiger partial charge is 0.129 e. The molecule has 2 aromatic carbocycles. The lowest BCUT2D eigenvalue weighted by Gasteiger charge is -2.10. The molecule has 1 unspecified atom stereocenters. The van der Waals surface area contributed by atoms with E-state index in [1.807, 2.05) is 42.5 Å². The second-order valence-corrected chi connectivity index (χ2v) is 5.36. The van der Waals surface area contributed by atoms with Gasteiger partial charge in [-0.25, -0.2) is 4.39 Å². The van der Waals surface area contributed by atoms with Crippen molar-refractivity contribution in [1.82, 2.24) is 0 Å². The van der Waals surface area contributed by atoms with Crippen molar-refractivity contribution in [2.75, 3.05) is 0 Å². The molecular formula is C19H23F. The molecule has 0 nitrogen and oxygen atoms in total. The van der Waals surface area contributed by atoms with Gasteiger partial charge in [-0.15, -0.1) is 0 Å². The zero-order chi connectivity index (χ0) is 14.2. The highest BCUT2D eigenvalue weighted by Gasteiger charge is 2.10. The molecule has 0 fully saturated rings. The molecule has 0 saturated carbocycles. The van der Waals surface area contributed by atoms with Crippen molar-refractivity contribution >= 4 is 0 Å². The molecule has 0 saturated heterocycles. The largest absolute Gasteiger partial charge is 0.242 e. The van der Waals surface area contributed by atoms with Crippen LogP contribution in [0.25, 0.3) is 0 Å². The Bertz CT molecular complexity index is 487. The van der Waals surface area contributed by atoms with Crippen LogP contribution in [0.4, 0.5) is 4.39 Å². The Morgan fingerprint density at radius 2 is 1.55 bits per heavy atom. The van der Waals surface area contributed by atoms with Crippen LogP contribution >= 0.6 is 0 Å². The van der Waals surface area contributed by atoms with E-state index in [2.05, 4.69) is 19.1 Å². The van der Waals surface area contributed by atoms with Crippen molar-refractivity contribution in [2.45, 2.75) is 45.2 Å². The van der Waals surface area contributed by atoms with Gasteiger partial charge in [0.15, 0.2) is 0 Å². The Morgan fingerprint density at radius 1 is 0.850 bits per heavy atom. The van der Waals surface area contributed by atoms with Gasteiger partial charge in [-0.2, -0.15) is 0 Å². The first kappa shape index (κ1) is 14.8. The summed E-state index contributed by atoms with van der Waals surface area (Å²) in [7, 11) is 0. The first-order chi connectivity index (χ1) is 9.79. The Hall–Kier alpha value is -1.63. The van der Waals surface area contributed by atoms with Gasteiger partial charge in [0.1, 0.15) is 6.17 Å². The van der Waals surface area contributed by atoms with E-state index < -0.39 is 6.17 Å². The fraction of sp³-hybridized carbons (Fsp3) is 0.368. The third kappa shape index (κ3) is 4.48. The van der Waals surface area contributed by atoms with E-state index in [1.165, 1.54) is 24.8 Å². The molecule has 0 amide bonds. The summed E-state index contributed by atoms with van der Waals surface area (Å²) in [6, 6.07) is 17.9. The number of rotatable bonds is 7. The molecule has 0 spiro atoms. The molecule has 1 atom stereocenters. The summed E-state index contributed by atoms with van der Waals surface area (Å²) in [5.74, 6) is 0. The van der Waals surface area contributed by atoms with Crippen LogP contribution < -0.4 is 0 Å². The number of hydrogen-bond acceptors (Lipinski definition) is 0. The zero-order valence-electron chi connectivity index (χ0n) is 12.2. The summed E-state index contributed by atoms with van der Waals surface area (Å²) in [6.45, 7) is 2.21. The summed E-state index contributed by atoms with van der Waals surface area (Å²) in [5, 5.41) is 0. The minimum Gasteiger partial charge on any atom is -0.242 e. The van der Waals surface area contributed by atoms with Gasteiger partial charge in [0, 0.05) is 6.42 Å². The van der Waals surface area contributed by atoms with Crippen LogP contribution in [0.5, 0.6) is 0 Å². The van der Waals surface area contributed by atoms with Gasteiger partial charge in [0.05, 0.1) is 0 Å². The highest BCUT2D eigenvalue weighted by Crippen LogP contribution is 2.23. The summed E-state index contributed by atoms with van der Waals surface area (Å²) in [6.07, 6.45) is 4.36. The topological polar surface area (TPSA) is 0 Å².